The van der Waals surface area contributed by atoms with Crippen LogP contribution in [0.3, 0.4) is 0 Å². The Hall–Kier alpha value is -0.440. The van der Waals surface area contributed by atoms with E-state index in [2.05, 4.69) is 20.1 Å². The molecule has 0 aliphatic rings. The summed E-state index contributed by atoms with van der Waals surface area (Å²) in [4.78, 5) is 0.0596. The molecule has 0 amide bonds. The Labute approximate surface area is 109 Å². The molecule has 0 bridgehead atoms. The topological polar surface area (TPSA) is 77.5 Å². The molecular formula is C9H11BrO5S2. The van der Waals surface area contributed by atoms with Crippen molar-refractivity contribution in [2.75, 3.05) is 12.5 Å². The smallest absolute Gasteiger partial charge is 0.264 e. The highest BCUT2D eigenvalue weighted by Crippen LogP contribution is 2.22. The summed E-state index contributed by atoms with van der Waals surface area (Å²) >= 11 is 3.18. The number of sulfone groups is 1. The number of benzene rings is 1. The predicted molar refractivity (Wildman–Crippen MR) is 66.9 cm³/mol. The zero-order chi connectivity index (χ0) is 13.3. The van der Waals surface area contributed by atoms with Crippen LogP contribution < -0.4 is 0 Å². The Bertz CT molecular complexity index is 619. The zero-order valence-electron chi connectivity index (χ0n) is 9.17. The fourth-order valence-corrected chi connectivity index (χ4v) is 2.85. The third kappa shape index (κ3) is 4.74. The van der Waals surface area contributed by atoms with Gasteiger partial charge in [0, 0.05) is 10.7 Å². The molecule has 0 saturated heterocycles. The molecule has 1 aromatic carbocycles. The Kier molecular flexibility index (Phi) is 4.34. The van der Waals surface area contributed by atoms with Gasteiger partial charge in [-0.25, -0.2) is 8.42 Å². The van der Waals surface area contributed by atoms with Crippen molar-refractivity contribution in [3.8, 4) is 0 Å². The van der Waals surface area contributed by atoms with E-state index in [-0.39, 0.29) is 11.5 Å². The van der Waals surface area contributed by atoms with E-state index in [0.717, 1.165) is 12.5 Å². The van der Waals surface area contributed by atoms with E-state index in [4.69, 9.17) is 0 Å². The van der Waals surface area contributed by atoms with E-state index < -0.39 is 20.0 Å². The Morgan fingerprint density at radius 3 is 2.24 bits per heavy atom. The summed E-state index contributed by atoms with van der Waals surface area (Å²) in [5.41, 5.74) is 0.298. The lowest BCUT2D eigenvalue weighted by molar-refractivity contribution is 0.308. The summed E-state index contributed by atoms with van der Waals surface area (Å²) in [5, 5.41) is 0. The van der Waals surface area contributed by atoms with Crippen LogP contribution in [-0.2, 0) is 30.7 Å². The van der Waals surface area contributed by atoms with Gasteiger partial charge in [0.25, 0.3) is 10.1 Å². The molecule has 1 aromatic rings. The predicted octanol–water partition coefficient (Wildman–Crippen LogP) is 1.33. The van der Waals surface area contributed by atoms with E-state index in [9.17, 15) is 16.8 Å². The van der Waals surface area contributed by atoms with Crippen LogP contribution in [0.15, 0.2) is 27.6 Å². The van der Waals surface area contributed by atoms with Crippen LogP contribution in [0.2, 0.25) is 0 Å². The highest BCUT2D eigenvalue weighted by Gasteiger charge is 2.15. The van der Waals surface area contributed by atoms with Gasteiger partial charge in [-0.15, -0.1) is 0 Å². The van der Waals surface area contributed by atoms with E-state index in [0.29, 0.717) is 10.0 Å². The van der Waals surface area contributed by atoms with Crippen molar-refractivity contribution >= 4 is 35.9 Å². The molecule has 96 valence electrons. The molecule has 0 atom stereocenters. The Morgan fingerprint density at radius 1 is 1.18 bits per heavy atom. The molecule has 0 aliphatic carbocycles. The molecule has 0 spiro atoms. The van der Waals surface area contributed by atoms with E-state index in [1.807, 2.05) is 0 Å². The average Bonchev–Trinajstić information content (AvgIpc) is 2.11. The largest absolute Gasteiger partial charge is 0.265 e. The van der Waals surface area contributed by atoms with Crippen molar-refractivity contribution in [3.05, 3.63) is 28.2 Å². The van der Waals surface area contributed by atoms with E-state index in [1.165, 1.54) is 12.1 Å². The van der Waals surface area contributed by atoms with Crippen molar-refractivity contribution in [2.24, 2.45) is 0 Å². The van der Waals surface area contributed by atoms with Crippen LogP contribution >= 0.6 is 15.9 Å². The first-order chi connectivity index (χ1) is 7.59. The highest BCUT2D eigenvalue weighted by molar-refractivity contribution is 9.10. The zero-order valence-corrected chi connectivity index (χ0v) is 12.4. The number of hydrogen-bond acceptors (Lipinski definition) is 5. The molecule has 0 heterocycles. The molecule has 0 radical (unpaired) electrons. The number of hydrogen-bond donors (Lipinski definition) is 0. The van der Waals surface area contributed by atoms with Gasteiger partial charge >= 0.3 is 0 Å². The standard InChI is InChI=1S/C9H11BrO5S2/c1-16(11,12)9-4-3-8(10)5-7(9)6-15-17(2,13)14/h3-5H,6H2,1-2H3. The monoisotopic (exact) mass is 342 g/mol. The summed E-state index contributed by atoms with van der Waals surface area (Å²) in [6.07, 6.45) is 1.96. The maximum Gasteiger partial charge on any atom is 0.264 e. The maximum atomic E-state index is 11.5. The van der Waals surface area contributed by atoms with Crippen molar-refractivity contribution in [1.29, 1.82) is 0 Å². The van der Waals surface area contributed by atoms with Crippen LogP contribution in [0.25, 0.3) is 0 Å². The fraction of sp³-hybridized carbons (Fsp3) is 0.333. The Balaban J connectivity index is 3.18. The summed E-state index contributed by atoms with van der Waals surface area (Å²) in [5.74, 6) is 0. The SMILES string of the molecule is CS(=O)(=O)OCc1cc(Br)ccc1S(C)(=O)=O. The fourth-order valence-electron chi connectivity index (χ4n) is 1.19. The van der Waals surface area contributed by atoms with Crippen molar-refractivity contribution in [3.63, 3.8) is 0 Å². The summed E-state index contributed by atoms with van der Waals surface area (Å²) in [6, 6.07) is 4.49. The third-order valence-corrected chi connectivity index (χ3v) is 4.09. The molecule has 1 rings (SSSR count). The minimum absolute atomic E-state index is 0.0596. The molecule has 0 aliphatic heterocycles. The molecule has 0 saturated carbocycles. The molecule has 0 N–H and O–H groups in total. The van der Waals surface area contributed by atoms with Gasteiger partial charge in [0.1, 0.15) is 0 Å². The summed E-state index contributed by atoms with van der Waals surface area (Å²) in [6.45, 7) is -0.305. The first kappa shape index (κ1) is 14.6. The molecule has 0 aromatic heterocycles. The van der Waals surface area contributed by atoms with Gasteiger partial charge in [0.15, 0.2) is 9.84 Å². The molecule has 17 heavy (non-hydrogen) atoms. The lowest BCUT2D eigenvalue weighted by atomic mass is 10.2. The maximum absolute atomic E-state index is 11.5. The van der Waals surface area contributed by atoms with Gasteiger partial charge in [-0.1, -0.05) is 15.9 Å². The van der Waals surface area contributed by atoms with Crippen molar-refractivity contribution < 1.29 is 21.0 Å². The first-order valence-electron chi connectivity index (χ1n) is 4.42. The molecule has 5 nitrogen and oxygen atoms in total. The second-order valence-corrected chi connectivity index (χ2v) is 8.03. The molecule has 0 unspecified atom stereocenters. The molecule has 0 fully saturated rings. The van der Waals surface area contributed by atoms with E-state index >= 15 is 0 Å². The lowest BCUT2D eigenvalue weighted by Gasteiger charge is -2.08. The first-order valence-corrected chi connectivity index (χ1v) is 8.92. The minimum atomic E-state index is -3.61. The Morgan fingerprint density at radius 2 is 1.76 bits per heavy atom. The number of halogens is 1. The van der Waals surface area contributed by atoms with Gasteiger partial charge in [-0.3, -0.25) is 4.18 Å². The van der Waals surface area contributed by atoms with Crippen molar-refractivity contribution in [2.45, 2.75) is 11.5 Å². The van der Waals surface area contributed by atoms with Crippen LogP contribution in [0.4, 0.5) is 0 Å². The molecule has 8 heteroatoms. The van der Waals surface area contributed by atoms with E-state index in [1.54, 1.807) is 6.07 Å². The summed E-state index contributed by atoms with van der Waals surface area (Å²) < 4.78 is 49.9. The number of rotatable bonds is 4. The normalized spacial score (nSPS) is 12.6. The molecular weight excluding hydrogens is 332 g/mol. The minimum Gasteiger partial charge on any atom is -0.265 e. The van der Waals surface area contributed by atoms with Gasteiger partial charge in [0.05, 0.1) is 17.8 Å². The van der Waals surface area contributed by atoms with Gasteiger partial charge in [0.2, 0.25) is 0 Å². The van der Waals surface area contributed by atoms with Crippen LogP contribution in [0, 0.1) is 0 Å². The third-order valence-electron chi connectivity index (χ3n) is 1.85. The summed E-state index contributed by atoms with van der Waals surface area (Å²) in [7, 11) is -7.02. The van der Waals surface area contributed by atoms with Crippen LogP contribution in [0.5, 0.6) is 0 Å². The average molecular weight is 343 g/mol. The highest BCUT2D eigenvalue weighted by atomic mass is 79.9. The van der Waals surface area contributed by atoms with Gasteiger partial charge in [-0.2, -0.15) is 8.42 Å². The van der Waals surface area contributed by atoms with Crippen LogP contribution in [0.1, 0.15) is 5.56 Å². The lowest BCUT2D eigenvalue weighted by Crippen LogP contribution is -2.07. The van der Waals surface area contributed by atoms with Gasteiger partial charge in [-0.05, 0) is 23.8 Å². The van der Waals surface area contributed by atoms with Gasteiger partial charge < -0.3 is 0 Å². The second kappa shape index (κ2) is 5.05. The second-order valence-electron chi connectivity index (χ2n) is 3.49. The van der Waals surface area contributed by atoms with Crippen LogP contribution in [-0.4, -0.2) is 29.3 Å². The van der Waals surface area contributed by atoms with Crippen molar-refractivity contribution in [1.82, 2.24) is 0 Å². The quantitative estimate of drug-likeness (QED) is 0.771.